The van der Waals surface area contributed by atoms with Crippen LogP contribution in [0.5, 0.6) is 0 Å². The van der Waals surface area contributed by atoms with Crippen molar-refractivity contribution in [2.45, 2.75) is 0 Å². The Labute approximate surface area is 349 Å². The highest BCUT2D eigenvalue weighted by Gasteiger charge is 2.25. The van der Waals surface area contributed by atoms with Gasteiger partial charge < -0.3 is 9.32 Å². The van der Waals surface area contributed by atoms with E-state index in [0.717, 1.165) is 72.4 Å². The van der Waals surface area contributed by atoms with Gasteiger partial charge in [0.15, 0.2) is 0 Å². The SMILES string of the molecule is c1ccc(-c2ccccc2-c2c(-c3ccccc3)cccc2N(c2ccc(-c3cccc4ccccc34)cc2)c2ccccc2-c2cccc3c2oc2ccccc23)cc1. The first-order valence-electron chi connectivity index (χ1n) is 20.5. The molecule has 0 N–H and O–H groups in total. The zero-order chi connectivity index (χ0) is 39.8. The Bertz CT molecular complexity index is 3300. The van der Waals surface area contributed by atoms with Crippen LogP contribution in [-0.4, -0.2) is 0 Å². The normalized spacial score (nSPS) is 11.3. The van der Waals surface area contributed by atoms with E-state index in [1.807, 2.05) is 6.07 Å². The van der Waals surface area contributed by atoms with Gasteiger partial charge in [-0.05, 0) is 80.0 Å². The lowest BCUT2D eigenvalue weighted by Crippen LogP contribution is -2.13. The van der Waals surface area contributed by atoms with E-state index in [-0.39, 0.29) is 0 Å². The van der Waals surface area contributed by atoms with Gasteiger partial charge in [-0.1, -0.05) is 206 Å². The topological polar surface area (TPSA) is 16.4 Å². The van der Waals surface area contributed by atoms with Crippen LogP contribution in [0.1, 0.15) is 0 Å². The molecule has 10 aromatic carbocycles. The molecule has 0 unspecified atom stereocenters. The van der Waals surface area contributed by atoms with Crippen molar-refractivity contribution in [1.82, 2.24) is 0 Å². The summed E-state index contributed by atoms with van der Waals surface area (Å²) in [6, 6.07) is 84.9. The van der Waals surface area contributed by atoms with Crippen LogP contribution in [0.4, 0.5) is 17.1 Å². The second-order valence-corrected chi connectivity index (χ2v) is 15.2. The van der Waals surface area contributed by atoms with Gasteiger partial charge in [-0.3, -0.25) is 0 Å². The Morgan fingerprint density at radius 3 is 1.58 bits per heavy atom. The molecular weight excluding hydrogens is 727 g/mol. The van der Waals surface area contributed by atoms with Crippen molar-refractivity contribution >= 4 is 49.8 Å². The molecule has 0 saturated heterocycles. The third kappa shape index (κ3) is 6.14. The molecule has 2 heteroatoms. The molecule has 0 aliphatic heterocycles. The predicted octanol–water partition coefficient (Wildman–Crippen LogP) is 16.5. The lowest BCUT2D eigenvalue weighted by atomic mass is 9.87. The molecule has 1 heterocycles. The minimum Gasteiger partial charge on any atom is -0.455 e. The van der Waals surface area contributed by atoms with E-state index in [1.54, 1.807) is 0 Å². The largest absolute Gasteiger partial charge is 0.455 e. The summed E-state index contributed by atoms with van der Waals surface area (Å²) < 4.78 is 6.70. The molecule has 0 amide bonds. The lowest BCUT2D eigenvalue weighted by molar-refractivity contribution is 0.670. The first-order valence-corrected chi connectivity index (χ1v) is 20.5. The lowest BCUT2D eigenvalue weighted by Gasteiger charge is -2.31. The number of fused-ring (bicyclic) bond motifs is 4. The van der Waals surface area contributed by atoms with Crippen molar-refractivity contribution < 1.29 is 4.42 Å². The predicted molar refractivity (Wildman–Crippen MR) is 253 cm³/mol. The smallest absolute Gasteiger partial charge is 0.143 e. The molecule has 11 rings (SSSR count). The number of hydrogen-bond donors (Lipinski definition) is 0. The number of nitrogens with zero attached hydrogens (tertiary/aromatic N) is 1. The molecule has 0 bridgehead atoms. The van der Waals surface area contributed by atoms with Crippen molar-refractivity contribution in [2.24, 2.45) is 0 Å². The fourth-order valence-corrected chi connectivity index (χ4v) is 8.97. The quantitative estimate of drug-likeness (QED) is 0.153. The zero-order valence-corrected chi connectivity index (χ0v) is 32.9. The van der Waals surface area contributed by atoms with Gasteiger partial charge >= 0.3 is 0 Å². The fraction of sp³-hybridized carbons (Fsp3) is 0. The second kappa shape index (κ2) is 15.1. The van der Waals surface area contributed by atoms with E-state index in [0.29, 0.717) is 0 Å². The molecule has 282 valence electrons. The van der Waals surface area contributed by atoms with Gasteiger partial charge in [-0.15, -0.1) is 0 Å². The average molecular weight is 766 g/mol. The minimum atomic E-state index is 0.880. The molecular formula is C58H39NO. The summed E-state index contributed by atoms with van der Waals surface area (Å²) in [5.74, 6) is 0. The van der Waals surface area contributed by atoms with Gasteiger partial charge in [-0.2, -0.15) is 0 Å². The number of para-hydroxylation sites is 3. The molecule has 2 nitrogen and oxygen atoms in total. The summed E-state index contributed by atoms with van der Waals surface area (Å²) >= 11 is 0. The number of rotatable bonds is 8. The van der Waals surface area contributed by atoms with Crippen molar-refractivity contribution in [3.05, 3.63) is 237 Å². The first kappa shape index (κ1) is 35.2. The number of benzene rings is 10. The molecule has 0 atom stereocenters. The van der Waals surface area contributed by atoms with E-state index >= 15 is 0 Å². The summed E-state index contributed by atoms with van der Waals surface area (Å²) in [5, 5.41) is 4.69. The van der Waals surface area contributed by atoms with Crippen LogP contribution in [-0.2, 0) is 0 Å². The highest BCUT2D eigenvalue weighted by Crippen LogP contribution is 2.50. The maximum atomic E-state index is 6.70. The molecule has 60 heavy (non-hydrogen) atoms. The fourth-order valence-electron chi connectivity index (χ4n) is 8.97. The number of hydrogen-bond acceptors (Lipinski definition) is 2. The molecule has 0 spiro atoms. The van der Waals surface area contributed by atoms with Gasteiger partial charge in [0.25, 0.3) is 0 Å². The minimum absolute atomic E-state index is 0.880. The van der Waals surface area contributed by atoms with Crippen LogP contribution >= 0.6 is 0 Å². The Kier molecular flexibility index (Phi) is 8.87. The molecule has 1 aromatic heterocycles. The van der Waals surface area contributed by atoms with Gasteiger partial charge in [0.2, 0.25) is 0 Å². The maximum Gasteiger partial charge on any atom is 0.143 e. The van der Waals surface area contributed by atoms with Crippen LogP contribution in [0.25, 0.3) is 88.3 Å². The van der Waals surface area contributed by atoms with E-state index in [1.165, 1.54) is 33.0 Å². The van der Waals surface area contributed by atoms with Crippen LogP contribution < -0.4 is 4.90 Å². The Balaban J connectivity index is 1.20. The van der Waals surface area contributed by atoms with E-state index < -0.39 is 0 Å². The van der Waals surface area contributed by atoms with Crippen molar-refractivity contribution in [3.63, 3.8) is 0 Å². The third-order valence-corrected chi connectivity index (χ3v) is 11.7. The summed E-state index contributed by atoms with van der Waals surface area (Å²) in [7, 11) is 0. The van der Waals surface area contributed by atoms with Crippen LogP contribution in [0.3, 0.4) is 0 Å². The highest BCUT2D eigenvalue weighted by atomic mass is 16.3. The Morgan fingerprint density at radius 2 is 0.783 bits per heavy atom. The maximum absolute atomic E-state index is 6.70. The Morgan fingerprint density at radius 1 is 0.283 bits per heavy atom. The zero-order valence-electron chi connectivity index (χ0n) is 32.9. The monoisotopic (exact) mass is 765 g/mol. The standard InChI is InChI=1S/C58H39NO/c1-3-18-40(19-4-1)47-25-9-10-28-51(47)57-48(42-20-5-2-6-21-42)30-17-34-55(57)59(44-38-36-43(37-39-44)46-29-15-23-41-22-7-8-24-45(41)46)54-33-13-11-26-49(54)52-31-16-32-53-50-27-12-14-35-56(50)60-58(52)53/h1-39H. The number of furan rings is 1. The van der Waals surface area contributed by atoms with Crippen LogP contribution in [0, 0.1) is 0 Å². The number of anilines is 3. The van der Waals surface area contributed by atoms with E-state index in [4.69, 9.17) is 4.42 Å². The molecule has 0 saturated carbocycles. The summed E-state index contributed by atoms with van der Waals surface area (Å²) in [4.78, 5) is 2.45. The molecule has 0 radical (unpaired) electrons. The van der Waals surface area contributed by atoms with Crippen molar-refractivity contribution in [2.75, 3.05) is 4.90 Å². The molecule has 0 aliphatic carbocycles. The van der Waals surface area contributed by atoms with Crippen LogP contribution in [0.15, 0.2) is 241 Å². The third-order valence-electron chi connectivity index (χ3n) is 11.7. The van der Waals surface area contributed by atoms with Crippen molar-refractivity contribution in [3.8, 4) is 55.6 Å². The van der Waals surface area contributed by atoms with Gasteiger partial charge in [0.1, 0.15) is 11.2 Å². The summed E-state index contributed by atoms with van der Waals surface area (Å²) in [5.41, 5.74) is 16.4. The highest BCUT2D eigenvalue weighted by molar-refractivity contribution is 6.11. The molecule has 0 aliphatic rings. The van der Waals surface area contributed by atoms with Crippen LogP contribution in [0.2, 0.25) is 0 Å². The Hall–Kier alpha value is -7.94. The van der Waals surface area contributed by atoms with Gasteiger partial charge in [-0.25, -0.2) is 0 Å². The van der Waals surface area contributed by atoms with Crippen molar-refractivity contribution in [1.29, 1.82) is 0 Å². The second-order valence-electron chi connectivity index (χ2n) is 15.2. The average Bonchev–Trinajstić information content (AvgIpc) is 3.72. The van der Waals surface area contributed by atoms with E-state index in [9.17, 15) is 0 Å². The first-order chi connectivity index (χ1) is 29.8. The van der Waals surface area contributed by atoms with Gasteiger partial charge in [0.05, 0.1) is 11.4 Å². The molecule has 0 fully saturated rings. The van der Waals surface area contributed by atoms with E-state index in [2.05, 4.69) is 235 Å². The summed E-state index contributed by atoms with van der Waals surface area (Å²) in [6.07, 6.45) is 0. The summed E-state index contributed by atoms with van der Waals surface area (Å²) in [6.45, 7) is 0. The van der Waals surface area contributed by atoms with Gasteiger partial charge in [0, 0.05) is 33.2 Å². The molecule has 11 aromatic rings.